The third-order valence-corrected chi connectivity index (χ3v) is 6.46. The predicted octanol–water partition coefficient (Wildman–Crippen LogP) is 5.42. The van der Waals surface area contributed by atoms with E-state index in [1.54, 1.807) is 12.4 Å². The number of aliphatic imine (C=N–C) groups is 2. The molecular formula is C30H36BrN5O. The Morgan fingerprint density at radius 2 is 1.51 bits per heavy atom. The fraction of sp³-hybridized carbons (Fsp3) is 0.367. The normalized spacial score (nSPS) is 12.2. The first-order valence-corrected chi connectivity index (χ1v) is 13.4. The molecule has 3 rings (SSSR count). The summed E-state index contributed by atoms with van der Waals surface area (Å²) < 4.78 is -0.554. The van der Waals surface area contributed by atoms with E-state index in [2.05, 4.69) is 66.8 Å². The van der Waals surface area contributed by atoms with Crippen molar-refractivity contribution in [1.29, 1.82) is 0 Å². The molecule has 0 spiro atoms. The molecule has 0 amide bonds. The van der Waals surface area contributed by atoms with Gasteiger partial charge in [0.05, 0.1) is 28.8 Å². The summed E-state index contributed by atoms with van der Waals surface area (Å²) in [5, 5.41) is 0. The zero-order chi connectivity index (χ0) is 26.7. The lowest BCUT2D eigenvalue weighted by Gasteiger charge is -2.24. The van der Waals surface area contributed by atoms with Crippen LogP contribution in [0.1, 0.15) is 47.5 Å². The second kappa shape index (κ2) is 14.1. The zero-order valence-corrected chi connectivity index (χ0v) is 23.8. The number of ketones is 1. The number of alkyl halides is 1. The summed E-state index contributed by atoms with van der Waals surface area (Å²) in [7, 11) is 0. The molecule has 37 heavy (non-hydrogen) atoms. The summed E-state index contributed by atoms with van der Waals surface area (Å²) in [6.07, 6.45) is 7.57. The van der Waals surface area contributed by atoms with E-state index < -0.39 is 4.32 Å². The Morgan fingerprint density at radius 3 is 2.00 bits per heavy atom. The summed E-state index contributed by atoms with van der Waals surface area (Å²) in [5.74, 6) is 0.173. The van der Waals surface area contributed by atoms with E-state index in [1.165, 1.54) is 11.1 Å². The lowest BCUT2D eigenvalue weighted by atomic mass is 9.91. The standard InChI is InChI=1S/C30H36BrN5O/c1-23-17-24(2)28(19-29(37)30(3,4)31)25(18-23)22-36(15-13-32-20-26-9-5-7-11-34-26)16-14-33-21-27-10-6-8-12-35-27/h5-12,17-18,20-21H,13-16,19,22H2,1-4H3/b32-20+,33-21+. The average Bonchev–Trinajstić information content (AvgIpc) is 2.86. The van der Waals surface area contributed by atoms with Gasteiger partial charge in [0, 0.05) is 50.9 Å². The van der Waals surface area contributed by atoms with Gasteiger partial charge in [0.2, 0.25) is 0 Å². The molecule has 0 radical (unpaired) electrons. The third-order valence-electron chi connectivity index (χ3n) is 6.02. The Morgan fingerprint density at radius 1 is 0.946 bits per heavy atom. The van der Waals surface area contributed by atoms with Gasteiger partial charge in [-0.2, -0.15) is 0 Å². The molecule has 2 heterocycles. The first kappa shape index (κ1) is 28.5. The Labute approximate surface area is 229 Å². The summed E-state index contributed by atoms with van der Waals surface area (Å²) in [5.41, 5.74) is 6.35. The van der Waals surface area contributed by atoms with Crippen LogP contribution in [-0.2, 0) is 17.8 Å². The molecule has 0 saturated heterocycles. The number of benzene rings is 1. The molecule has 0 N–H and O–H groups in total. The molecule has 1 aromatic carbocycles. The molecule has 7 heteroatoms. The van der Waals surface area contributed by atoms with Gasteiger partial charge < -0.3 is 0 Å². The fourth-order valence-electron chi connectivity index (χ4n) is 3.98. The number of hydrogen-bond donors (Lipinski definition) is 0. The SMILES string of the molecule is Cc1cc(C)c(CC(=O)C(C)(C)Br)c(CN(CC/N=C/c2ccccn2)CC/N=C/c2ccccn2)c1. The number of aryl methyl sites for hydroxylation is 2. The molecule has 0 saturated carbocycles. The van der Waals surface area contributed by atoms with Crippen molar-refractivity contribution >= 4 is 34.1 Å². The molecule has 3 aromatic rings. The first-order chi connectivity index (χ1) is 17.7. The number of aromatic nitrogens is 2. The van der Waals surface area contributed by atoms with E-state index in [0.29, 0.717) is 19.5 Å². The van der Waals surface area contributed by atoms with Gasteiger partial charge in [0.25, 0.3) is 0 Å². The predicted molar refractivity (Wildman–Crippen MR) is 156 cm³/mol. The van der Waals surface area contributed by atoms with Crippen LogP contribution in [0.15, 0.2) is 70.9 Å². The Balaban J connectivity index is 1.75. The van der Waals surface area contributed by atoms with Crippen LogP contribution in [0.25, 0.3) is 0 Å². The molecule has 0 atom stereocenters. The number of rotatable bonds is 13. The Kier molecular flexibility index (Phi) is 10.8. The molecule has 0 bridgehead atoms. The largest absolute Gasteiger partial charge is 0.298 e. The van der Waals surface area contributed by atoms with Crippen LogP contribution in [0.2, 0.25) is 0 Å². The minimum absolute atomic E-state index is 0.173. The molecule has 6 nitrogen and oxygen atoms in total. The summed E-state index contributed by atoms with van der Waals surface area (Å²) in [6.45, 7) is 11.6. The van der Waals surface area contributed by atoms with E-state index in [0.717, 1.165) is 42.1 Å². The van der Waals surface area contributed by atoms with E-state index in [1.807, 2.05) is 62.7 Å². The summed E-state index contributed by atoms with van der Waals surface area (Å²) in [6, 6.07) is 16.0. The molecule has 0 aliphatic heterocycles. The highest BCUT2D eigenvalue weighted by molar-refractivity contribution is 9.10. The third kappa shape index (κ3) is 9.74. The number of pyridine rings is 2. The average molecular weight is 563 g/mol. The van der Waals surface area contributed by atoms with Crippen molar-refractivity contribution < 1.29 is 4.79 Å². The molecule has 0 aliphatic carbocycles. The maximum Gasteiger partial charge on any atom is 0.153 e. The van der Waals surface area contributed by atoms with Gasteiger partial charge in [-0.3, -0.25) is 29.6 Å². The van der Waals surface area contributed by atoms with Crippen LogP contribution in [0.4, 0.5) is 0 Å². The van der Waals surface area contributed by atoms with Crippen molar-refractivity contribution in [3.05, 3.63) is 94.6 Å². The van der Waals surface area contributed by atoms with Crippen LogP contribution in [0, 0.1) is 13.8 Å². The van der Waals surface area contributed by atoms with Crippen molar-refractivity contribution in [3.8, 4) is 0 Å². The number of nitrogens with zero attached hydrogens (tertiary/aromatic N) is 5. The lowest BCUT2D eigenvalue weighted by Crippen LogP contribution is -2.31. The van der Waals surface area contributed by atoms with Crippen LogP contribution < -0.4 is 0 Å². The van der Waals surface area contributed by atoms with E-state index in [9.17, 15) is 4.79 Å². The van der Waals surface area contributed by atoms with E-state index in [4.69, 9.17) is 0 Å². The lowest BCUT2D eigenvalue weighted by molar-refractivity contribution is -0.119. The Bertz CT molecular complexity index is 1150. The Hall–Kier alpha value is -3.03. The van der Waals surface area contributed by atoms with Crippen LogP contribution >= 0.6 is 15.9 Å². The molecule has 0 unspecified atom stereocenters. The summed E-state index contributed by atoms with van der Waals surface area (Å²) >= 11 is 3.54. The van der Waals surface area contributed by atoms with E-state index in [-0.39, 0.29) is 5.78 Å². The second-order valence-corrected chi connectivity index (χ2v) is 11.6. The maximum atomic E-state index is 12.9. The topological polar surface area (TPSA) is 70.8 Å². The quantitative estimate of drug-likeness (QED) is 0.206. The van der Waals surface area contributed by atoms with Gasteiger partial charge in [-0.1, -0.05) is 45.8 Å². The van der Waals surface area contributed by atoms with Crippen LogP contribution in [-0.4, -0.2) is 63.6 Å². The number of hydrogen-bond acceptors (Lipinski definition) is 6. The number of Topliss-reactive ketones (excluding diaryl/α,β-unsaturated/α-hetero) is 1. The van der Waals surface area contributed by atoms with Gasteiger partial charge in [-0.25, -0.2) is 0 Å². The van der Waals surface area contributed by atoms with Crippen molar-refractivity contribution in [2.75, 3.05) is 26.2 Å². The minimum atomic E-state index is -0.554. The van der Waals surface area contributed by atoms with Crippen molar-refractivity contribution in [2.45, 2.75) is 45.0 Å². The van der Waals surface area contributed by atoms with Gasteiger partial charge in [0.1, 0.15) is 0 Å². The highest BCUT2D eigenvalue weighted by Gasteiger charge is 2.25. The monoisotopic (exact) mass is 561 g/mol. The highest BCUT2D eigenvalue weighted by Crippen LogP contribution is 2.25. The number of halogens is 1. The zero-order valence-electron chi connectivity index (χ0n) is 22.2. The van der Waals surface area contributed by atoms with Gasteiger partial charge in [0.15, 0.2) is 5.78 Å². The fourth-order valence-corrected chi connectivity index (χ4v) is 4.12. The van der Waals surface area contributed by atoms with Crippen molar-refractivity contribution in [3.63, 3.8) is 0 Å². The van der Waals surface area contributed by atoms with Gasteiger partial charge in [-0.05, 0) is 68.7 Å². The summed E-state index contributed by atoms with van der Waals surface area (Å²) in [4.78, 5) is 33.1. The second-order valence-electron chi connectivity index (χ2n) is 9.65. The molecule has 0 aliphatic rings. The number of carbonyl (C=O) groups excluding carboxylic acids is 1. The maximum absolute atomic E-state index is 12.9. The van der Waals surface area contributed by atoms with Crippen molar-refractivity contribution in [2.24, 2.45) is 9.98 Å². The molecular weight excluding hydrogens is 526 g/mol. The van der Waals surface area contributed by atoms with Gasteiger partial charge >= 0.3 is 0 Å². The minimum Gasteiger partial charge on any atom is -0.298 e. The smallest absolute Gasteiger partial charge is 0.153 e. The van der Waals surface area contributed by atoms with E-state index >= 15 is 0 Å². The molecule has 2 aromatic heterocycles. The first-order valence-electron chi connectivity index (χ1n) is 12.6. The van der Waals surface area contributed by atoms with Crippen molar-refractivity contribution in [1.82, 2.24) is 14.9 Å². The number of carbonyl (C=O) groups is 1. The van der Waals surface area contributed by atoms with Crippen LogP contribution in [0.5, 0.6) is 0 Å². The molecule has 0 fully saturated rings. The van der Waals surface area contributed by atoms with Crippen LogP contribution in [0.3, 0.4) is 0 Å². The highest BCUT2D eigenvalue weighted by atomic mass is 79.9. The van der Waals surface area contributed by atoms with Gasteiger partial charge in [-0.15, -0.1) is 0 Å². The molecule has 194 valence electrons.